The minimum atomic E-state index is 0.557. The number of hydrogen-bond donors (Lipinski definition) is 0. The van der Waals surface area contributed by atoms with Crippen LogP contribution < -0.4 is 4.90 Å². The van der Waals surface area contributed by atoms with Gasteiger partial charge in [-0.2, -0.15) is 0 Å². The van der Waals surface area contributed by atoms with E-state index in [0.29, 0.717) is 5.41 Å². The van der Waals surface area contributed by atoms with Crippen molar-refractivity contribution in [3.63, 3.8) is 0 Å². The Kier molecular flexibility index (Phi) is 4.87. The zero-order valence-electron chi connectivity index (χ0n) is 19.7. The number of fused-ring (bicyclic) bond motifs is 3. The molecule has 0 unspecified atom stereocenters. The molecule has 4 aromatic rings. The summed E-state index contributed by atoms with van der Waals surface area (Å²) in [4.78, 5) is 5.20. The van der Waals surface area contributed by atoms with Crippen molar-refractivity contribution in [2.24, 2.45) is 5.41 Å². The van der Waals surface area contributed by atoms with Gasteiger partial charge in [0.2, 0.25) is 0 Å². The minimum absolute atomic E-state index is 0.557. The summed E-state index contributed by atoms with van der Waals surface area (Å²) in [5, 5.41) is 11.6. The number of piperidine rings is 2. The fourth-order valence-electron chi connectivity index (χ4n) is 6.41. The molecule has 0 bridgehead atoms. The first kappa shape index (κ1) is 20.5. The lowest BCUT2D eigenvalue weighted by molar-refractivity contribution is 0.0305. The SMILES string of the molecule is c1ccc2c(c1)oc1c(-c3ccc(N4CCC5(CC4)CCN(C4CCC4)CC5)nn3)cccc12. The lowest BCUT2D eigenvalue weighted by atomic mass is 9.70. The van der Waals surface area contributed by atoms with Crippen LogP contribution >= 0.6 is 0 Å². The molecule has 174 valence electrons. The van der Waals surface area contributed by atoms with Crippen LogP contribution in [0.25, 0.3) is 33.2 Å². The van der Waals surface area contributed by atoms with Crippen LogP contribution in [0.2, 0.25) is 0 Å². The molecule has 0 N–H and O–H groups in total. The number of furan rings is 1. The van der Waals surface area contributed by atoms with Crippen molar-refractivity contribution in [2.45, 2.75) is 51.0 Å². The van der Waals surface area contributed by atoms with Gasteiger partial charge in [0.15, 0.2) is 5.82 Å². The van der Waals surface area contributed by atoms with Gasteiger partial charge in [-0.1, -0.05) is 36.8 Å². The monoisotopic (exact) mass is 452 g/mol. The highest BCUT2D eigenvalue weighted by Gasteiger charge is 2.39. The van der Waals surface area contributed by atoms with Gasteiger partial charge in [0.25, 0.3) is 0 Å². The lowest BCUT2D eigenvalue weighted by Gasteiger charge is -2.50. The number of para-hydroxylation sites is 2. The van der Waals surface area contributed by atoms with Crippen LogP contribution in [0.4, 0.5) is 5.82 Å². The molecule has 0 radical (unpaired) electrons. The van der Waals surface area contributed by atoms with E-state index in [0.717, 1.165) is 58.1 Å². The number of likely N-dealkylation sites (tertiary alicyclic amines) is 1. The first-order valence-electron chi connectivity index (χ1n) is 13.0. The van der Waals surface area contributed by atoms with Crippen LogP contribution in [0, 0.1) is 5.41 Å². The summed E-state index contributed by atoms with van der Waals surface area (Å²) in [7, 11) is 0. The number of rotatable bonds is 3. The van der Waals surface area contributed by atoms with Crippen LogP contribution in [-0.2, 0) is 0 Å². The van der Waals surface area contributed by atoms with Gasteiger partial charge in [0.1, 0.15) is 11.2 Å². The molecule has 1 aliphatic carbocycles. The molecule has 34 heavy (non-hydrogen) atoms. The average molecular weight is 453 g/mol. The van der Waals surface area contributed by atoms with Gasteiger partial charge in [-0.3, -0.25) is 0 Å². The molecular weight excluding hydrogens is 420 g/mol. The average Bonchev–Trinajstić information content (AvgIpc) is 3.24. The molecule has 2 saturated heterocycles. The molecule has 1 saturated carbocycles. The zero-order chi connectivity index (χ0) is 22.5. The topological polar surface area (TPSA) is 45.4 Å². The van der Waals surface area contributed by atoms with Crippen molar-refractivity contribution in [2.75, 3.05) is 31.1 Å². The van der Waals surface area contributed by atoms with E-state index in [1.54, 1.807) is 0 Å². The summed E-state index contributed by atoms with van der Waals surface area (Å²) >= 11 is 0. The van der Waals surface area contributed by atoms with E-state index in [4.69, 9.17) is 4.42 Å². The molecule has 0 amide bonds. The Bertz CT molecular complexity index is 1310. The molecule has 3 aliphatic rings. The molecule has 2 aromatic carbocycles. The minimum Gasteiger partial charge on any atom is -0.455 e. The fraction of sp³-hybridized carbons (Fsp3) is 0.448. The van der Waals surface area contributed by atoms with Crippen LogP contribution in [0.3, 0.4) is 0 Å². The summed E-state index contributed by atoms with van der Waals surface area (Å²) in [6, 6.07) is 19.6. The van der Waals surface area contributed by atoms with E-state index in [1.165, 1.54) is 58.0 Å². The maximum absolute atomic E-state index is 6.20. The Hall–Kier alpha value is -2.92. The van der Waals surface area contributed by atoms with Gasteiger partial charge in [-0.25, -0.2) is 0 Å². The lowest BCUT2D eigenvalue weighted by Crippen LogP contribution is -2.51. The number of hydrogen-bond acceptors (Lipinski definition) is 5. The summed E-state index contributed by atoms with van der Waals surface area (Å²) in [5.74, 6) is 1.00. The maximum Gasteiger partial charge on any atom is 0.151 e. The Morgan fingerprint density at radius 2 is 1.53 bits per heavy atom. The van der Waals surface area contributed by atoms with Crippen molar-refractivity contribution in [1.82, 2.24) is 15.1 Å². The summed E-state index contributed by atoms with van der Waals surface area (Å²) in [6.07, 6.45) is 9.63. The van der Waals surface area contributed by atoms with Gasteiger partial charge in [-0.15, -0.1) is 10.2 Å². The number of benzene rings is 2. The molecule has 7 rings (SSSR count). The molecule has 2 aromatic heterocycles. The second-order valence-corrected chi connectivity index (χ2v) is 10.7. The maximum atomic E-state index is 6.20. The first-order chi connectivity index (χ1) is 16.8. The molecule has 3 fully saturated rings. The highest BCUT2D eigenvalue weighted by molar-refractivity contribution is 6.09. The van der Waals surface area contributed by atoms with E-state index in [-0.39, 0.29) is 0 Å². The standard InChI is InChI=1S/C29H32N4O/c1-2-10-26-22(7-1)23-8-4-9-24(28(23)34-26)25-11-12-27(31-30-25)33-19-15-29(16-20-33)13-17-32(18-14-29)21-5-3-6-21/h1-2,4,7-12,21H,3,5-6,13-20H2. The highest BCUT2D eigenvalue weighted by atomic mass is 16.3. The first-order valence-corrected chi connectivity index (χ1v) is 13.0. The zero-order valence-corrected chi connectivity index (χ0v) is 19.7. The highest BCUT2D eigenvalue weighted by Crippen LogP contribution is 2.43. The third-order valence-electron chi connectivity index (χ3n) is 8.93. The fourth-order valence-corrected chi connectivity index (χ4v) is 6.41. The predicted octanol–water partition coefficient (Wildman–Crippen LogP) is 6.28. The van der Waals surface area contributed by atoms with E-state index in [1.807, 2.05) is 12.1 Å². The Labute approximate surface area is 200 Å². The third kappa shape index (κ3) is 3.40. The quantitative estimate of drug-likeness (QED) is 0.366. The Morgan fingerprint density at radius 3 is 2.26 bits per heavy atom. The van der Waals surface area contributed by atoms with E-state index in [9.17, 15) is 0 Å². The molecule has 4 heterocycles. The largest absolute Gasteiger partial charge is 0.455 e. The molecule has 5 heteroatoms. The van der Waals surface area contributed by atoms with Crippen LogP contribution in [0.5, 0.6) is 0 Å². The van der Waals surface area contributed by atoms with E-state index in [2.05, 4.69) is 62.5 Å². The predicted molar refractivity (Wildman–Crippen MR) is 137 cm³/mol. The molecule has 0 atom stereocenters. The van der Waals surface area contributed by atoms with E-state index >= 15 is 0 Å². The molecule has 5 nitrogen and oxygen atoms in total. The van der Waals surface area contributed by atoms with Crippen molar-refractivity contribution in [3.8, 4) is 11.3 Å². The normalized spacial score (nSPS) is 21.4. The number of anilines is 1. The van der Waals surface area contributed by atoms with Crippen LogP contribution in [-0.4, -0.2) is 47.3 Å². The summed E-state index contributed by atoms with van der Waals surface area (Å²) in [5.41, 5.74) is 4.23. The Morgan fingerprint density at radius 1 is 0.765 bits per heavy atom. The van der Waals surface area contributed by atoms with Crippen molar-refractivity contribution >= 4 is 27.8 Å². The number of aromatic nitrogens is 2. The second-order valence-electron chi connectivity index (χ2n) is 10.7. The second kappa shape index (κ2) is 8.09. The van der Waals surface area contributed by atoms with Gasteiger partial charge in [-0.05, 0) is 81.3 Å². The van der Waals surface area contributed by atoms with Crippen LogP contribution in [0.15, 0.2) is 59.0 Å². The van der Waals surface area contributed by atoms with Gasteiger partial charge >= 0.3 is 0 Å². The van der Waals surface area contributed by atoms with Crippen molar-refractivity contribution in [1.29, 1.82) is 0 Å². The van der Waals surface area contributed by atoms with E-state index < -0.39 is 0 Å². The third-order valence-corrected chi connectivity index (χ3v) is 8.93. The molecule has 1 spiro atoms. The number of nitrogens with zero attached hydrogens (tertiary/aromatic N) is 4. The summed E-state index contributed by atoms with van der Waals surface area (Å²) in [6.45, 7) is 4.81. The Balaban J connectivity index is 1.06. The summed E-state index contributed by atoms with van der Waals surface area (Å²) < 4.78 is 6.20. The smallest absolute Gasteiger partial charge is 0.151 e. The van der Waals surface area contributed by atoms with Gasteiger partial charge < -0.3 is 14.2 Å². The van der Waals surface area contributed by atoms with Crippen LogP contribution in [0.1, 0.15) is 44.9 Å². The van der Waals surface area contributed by atoms with Gasteiger partial charge in [0, 0.05) is 35.5 Å². The molecule has 2 aliphatic heterocycles. The van der Waals surface area contributed by atoms with Crippen molar-refractivity contribution < 1.29 is 4.42 Å². The molecular formula is C29H32N4O. The van der Waals surface area contributed by atoms with Gasteiger partial charge in [0.05, 0.1) is 5.69 Å². The van der Waals surface area contributed by atoms with Crippen molar-refractivity contribution in [3.05, 3.63) is 54.6 Å².